The Morgan fingerprint density at radius 2 is 1.70 bits per heavy atom. The van der Waals surface area contributed by atoms with Crippen molar-refractivity contribution in [3.05, 3.63) is 35.4 Å². The van der Waals surface area contributed by atoms with Crippen molar-refractivity contribution in [3.63, 3.8) is 0 Å². The number of carbonyl (C=O) groups excluding carboxylic acids is 2. The Kier molecular flexibility index (Phi) is 6.59. The highest BCUT2D eigenvalue weighted by Crippen LogP contribution is 2.10. The van der Waals surface area contributed by atoms with Crippen molar-refractivity contribution < 1.29 is 9.59 Å². The summed E-state index contributed by atoms with van der Waals surface area (Å²) in [6.07, 6.45) is 1.93. The Hall–Kier alpha value is -1.88. The van der Waals surface area contributed by atoms with Gasteiger partial charge in [-0.05, 0) is 30.5 Å². The minimum absolute atomic E-state index is 0.0711. The summed E-state index contributed by atoms with van der Waals surface area (Å²) in [6, 6.07) is 7.85. The lowest BCUT2D eigenvalue weighted by molar-refractivity contribution is -0.122. The molecule has 0 radical (unpaired) electrons. The number of hydrogen-bond donors (Lipinski definition) is 1. The Balaban J connectivity index is 1.81. The molecule has 1 aromatic carbocycles. The summed E-state index contributed by atoms with van der Waals surface area (Å²) in [5, 5.41) is 2.89. The van der Waals surface area contributed by atoms with E-state index < -0.39 is 0 Å². The number of aryl methyl sites for hydroxylation is 1. The number of benzene rings is 1. The second kappa shape index (κ2) is 8.67. The number of amides is 2. The van der Waals surface area contributed by atoms with E-state index >= 15 is 0 Å². The maximum atomic E-state index is 12.5. The minimum Gasteiger partial charge on any atom is -0.355 e. The Morgan fingerprint density at radius 1 is 1.04 bits per heavy atom. The molecule has 2 amide bonds. The Labute approximate surface area is 138 Å². The molecular weight excluding hydrogens is 290 g/mol. The van der Waals surface area contributed by atoms with E-state index in [4.69, 9.17) is 0 Å². The van der Waals surface area contributed by atoms with E-state index in [1.54, 1.807) is 0 Å². The van der Waals surface area contributed by atoms with Crippen LogP contribution in [0.15, 0.2) is 24.3 Å². The van der Waals surface area contributed by atoms with Crippen molar-refractivity contribution in [1.29, 1.82) is 0 Å². The highest BCUT2D eigenvalue weighted by molar-refractivity contribution is 5.94. The van der Waals surface area contributed by atoms with Crippen LogP contribution in [0.1, 0.15) is 36.2 Å². The smallest absolute Gasteiger partial charge is 0.253 e. The summed E-state index contributed by atoms with van der Waals surface area (Å²) in [4.78, 5) is 28.2. The van der Waals surface area contributed by atoms with Gasteiger partial charge in [0.1, 0.15) is 0 Å². The number of rotatable bonds is 6. The lowest BCUT2D eigenvalue weighted by Gasteiger charge is -2.34. The Bertz CT molecular complexity index is 520. The highest BCUT2D eigenvalue weighted by atomic mass is 16.2. The summed E-state index contributed by atoms with van der Waals surface area (Å²) in [7, 11) is 0. The minimum atomic E-state index is 0.0711. The molecule has 0 unspecified atom stereocenters. The number of piperazine rings is 1. The van der Waals surface area contributed by atoms with Crippen LogP contribution in [-0.4, -0.2) is 60.9 Å². The first kappa shape index (κ1) is 17.5. The number of carbonyl (C=O) groups is 2. The number of hydrogen-bond acceptors (Lipinski definition) is 3. The van der Waals surface area contributed by atoms with Crippen LogP contribution in [0.4, 0.5) is 0 Å². The van der Waals surface area contributed by atoms with E-state index in [1.807, 2.05) is 36.1 Å². The second-order valence-electron chi connectivity index (χ2n) is 5.97. The molecule has 1 aromatic rings. The molecule has 0 aliphatic carbocycles. The Morgan fingerprint density at radius 3 is 2.26 bits per heavy atom. The molecule has 0 bridgehead atoms. The molecule has 0 aromatic heterocycles. The molecule has 1 fully saturated rings. The van der Waals surface area contributed by atoms with E-state index in [1.165, 1.54) is 5.56 Å². The first-order chi connectivity index (χ1) is 11.1. The average molecular weight is 317 g/mol. The number of nitrogens with one attached hydrogen (secondary N) is 1. The van der Waals surface area contributed by atoms with Gasteiger partial charge in [-0.2, -0.15) is 0 Å². The van der Waals surface area contributed by atoms with Gasteiger partial charge in [0.05, 0.1) is 6.54 Å². The summed E-state index contributed by atoms with van der Waals surface area (Å²) < 4.78 is 0. The van der Waals surface area contributed by atoms with Crippen molar-refractivity contribution in [1.82, 2.24) is 15.1 Å². The average Bonchev–Trinajstić information content (AvgIpc) is 2.60. The monoisotopic (exact) mass is 317 g/mol. The van der Waals surface area contributed by atoms with Gasteiger partial charge >= 0.3 is 0 Å². The van der Waals surface area contributed by atoms with Crippen LogP contribution in [0.5, 0.6) is 0 Å². The zero-order valence-electron chi connectivity index (χ0n) is 14.2. The van der Waals surface area contributed by atoms with E-state index in [-0.39, 0.29) is 11.8 Å². The fraction of sp³-hybridized carbons (Fsp3) is 0.556. The van der Waals surface area contributed by atoms with E-state index in [9.17, 15) is 9.59 Å². The first-order valence-corrected chi connectivity index (χ1v) is 8.51. The van der Waals surface area contributed by atoms with Crippen molar-refractivity contribution >= 4 is 11.8 Å². The molecule has 1 aliphatic rings. The third-order valence-electron chi connectivity index (χ3n) is 4.21. The molecule has 5 heteroatoms. The first-order valence-electron chi connectivity index (χ1n) is 8.51. The normalized spacial score (nSPS) is 15.5. The maximum absolute atomic E-state index is 12.5. The molecule has 0 spiro atoms. The largest absolute Gasteiger partial charge is 0.355 e. The zero-order chi connectivity index (χ0) is 16.7. The summed E-state index contributed by atoms with van der Waals surface area (Å²) in [5.74, 6) is 0.157. The van der Waals surface area contributed by atoms with Crippen LogP contribution in [-0.2, 0) is 11.2 Å². The fourth-order valence-electron chi connectivity index (χ4n) is 2.70. The van der Waals surface area contributed by atoms with Crippen molar-refractivity contribution in [3.8, 4) is 0 Å². The van der Waals surface area contributed by atoms with E-state index in [0.29, 0.717) is 19.6 Å². The lowest BCUT2D eigenvalue weighted by atomic mass is 10.1. The van der Waals surface area contributed by atoms with Crippen LogP contribution < -0.4 is 5.32 Å². The van der Waals surface area contributed by atoms with Crippen LogP contribution in [0.2, 0.25) is 0 Å². The van der Waals surface area contributed by atoms with Crippen LogP contribution in [0, 0.1) is 0 Å². The van der Waals surface area contributed by atoms with Gasteiger partial charge in [-0.25, -0.2) is 0 Å². The predicted molar refractivity (Wildman–Crippen MR) is 91.5 cm³/mol. The van der Waals surface area contributed by atoms with Gasteiger partial charge in [0, 0.05) is 38.3 Å². The van der Waals surface area contributed by atoms with Crippen molar-refractivity contribution in [2.45, 2.75) is 26.7 Å². The third kappa shape index (κ3) is 5.06. The topological polar surface area (TPSA) is 52.7 Å². The predicted octanol–water partition coefficient (Wildman–Crippen LogP) is 1.53. The quantitative estimate of drug-likeness (QED) is 0.866. The van der Waals surface area contributed by atoms with Crippen LogP contribution in [0.3, 0.4) is 0 Å². The van der Waals surface area contributed by atoms with Gasteiger partial charge < -0.3 is 10.2 Å². The summed E-state index contributed by atoms with van der Waals surface area (Å²) >= 11 is 0. The molecule has 2 rings (SSSR count). The maximum Gasteiger partial charge on any atom is 0.253 e. The zero-order valence-corrected chi connectivity index (χ0v) is 14.2. The second-order valence-corrected chi connectivity index (χ2v) is 5.97. The molecule has 0 atom stereocenters. The van der Waals surface area contributed by atoms with Crippen molar-refractivity contribution in [2.24, 2.45) is 0 Å². The molecule has 1 N–H and O–H groups in total. The molecule has 1 heterocycles. The van der Waals surface area contributed by atoms with Gasteiger partial charge in [0.15, 0.2) is 0 Å². The third-order valence-corrected chi connectivity index (χ3v) is 4.21. The number of nitrogens with zero attached hydrogens (tertiary/aromatic N) is 2. The van der Waals surface area contributed by atoms with Gasteiger partial charge in [-0.3, -0.25) is 14.5 Å². The molecule has 0 saturated carbocycles. The van der Waals surface area contributed by atoms with E-state index in [0.717, 1.165) is 38.0 Å². The molecule has 126 valence electrons. The van der Waals surface area contributed by atoms with Gasteiger partial charge in [0.25, 0.3) is 5.91 Å². The highest BCUT2D eigenvalue weighted by Gasteiger charge is 2.23. The molecule has 1 aliphatic heterocycles. The lowest BCUT2D eigenvalue weighted by Crippen LogP contribution is -2.51. The molecule has 1 saturated heterocycles. The standard InChI is InChI=1S/C18H27N3O2/c1-3-9-19-17(22)14-20-10-12-21(13-11-20)18(23)16-7-5-15(4-2)6-8-16/h5-8H,3-4,9-14H2,1-2H3,(H,19,22). The van der Waals surface area contributed by atoms with Crippen molar-refractivity contribution in [2.75, 3.05) is 39.3 Å². The van der Waals surface area contributed by atoms with Gasteiger partial charge in [0.2, 0.25) is 5.91 Å². The molecule has 5 nitrogen and oxygen atoms in total. The van der Waals surface area contributed by atoms with Crippen LogP contribution >= 0.6 is 0 Å². The summed E-state index contributed by atoms with van der Waals surface area (Å²) in [5.41, 5.74) is 1.99. The van der Waals surface area contributed by atoms with Crippen LogP contribution in [0.25, 0.3) is 0 Å². The fourth-order valence-corrected chi connectivity index (χ4v) is 2.70. The SMILES string of the molecule is CCCNC(=O)CN1CCN(C(=O)c2ccc(CC)cc2)CC1. The van der Waals surface area contributed by atoms with E-state index in [2.05, 4.69) is 17.1 Å². The summed E-state index contributed by atoms with van der Waals surface area (Å²) in [6.45, 7) is 8.14. The molecular formula is C18H27N3O2. The molecule has 23 heavy (non-hydrogen) atoms. The van der Waals surface area contributed by atoms with Gasteiger partial charge in [-0.1, -0.05) is 26.0 Å². The van der Waals surface area contributed by atoms with Gasteiger partial charge in [-0.15, -0.1) is 0 Å².